The molecule has 0 atom stereocenters. The Labute approximate surface area is 110 Å². The Balaban J connectivity index is 2.25. The SMILES string of the molecule is CC(=O)c1coc(-c2ccncc2OCCCN)n1. The first-order valence-corrected chi connectivity index (χ1v) is 5.96. The van der Waals surface area contributed by atoms with E-state index < -0.39 is 0 Å². The average Bonchev–Trinajstić information content (AvgIpc) is 2.89. The normalized spacial score (nSPS) is 10.4. The first kappa shape index (κ1) is 13.2. The second kappa shape index (κ2) is 6.10. The molecule has 0 aliphatic heterocycles. The summed E-state index contributed by atoms with van der Waals surface area (Å²) in [5.41, 5.74) is 6.37. The summed E-state index contributed by atoms with van der Waals surface area (Å²) in [5.74, 6) is 0.762. The van der Waals surface area contributed by atoms with Gasteiger partial charge in [-0.15, -0.1) is 0 Å². The quantitative estimate of drug-likeness (QED) is 0.628. The van der Waals surface area contributed by atoms with Crippen LogP contribution in [0.4, 0.5) is 0 Å². The number of carbonyl (C=O) groups is 1. The fraction of sp³-hybridized carbons (Fsp3) is 0.308. The van der Waals surface area contributed by atoms with Crippen molar-refractivity contribution >= 4 is 5.78 Å². The van der Waals surface area contributed by atoms with Crippen LogP contribution < -0.4 is 10.5 Å². The van der Waals surface area contributed by atoms with E-state index in [9.17, 15) is 4.79 Å². The molecule has 2 heterocycles. The van der Waals surface area contributed by atoms with Crippen molar-refractivity contribution in [2.24, 2.45) is 5.73 Å². The first-order valence-electron chi connectivity index (χ1n) is 5.96. The van der Waals surface area contributed by atoms with Crippen molar-refractivity contribution in [2.75, 3.05) is 13.2 Å². The fourth-order valence-electron chi connectivity index (χ4n) is 1.50. The van der Waals surface area contributed by atoms with Crippen LogP contribution in [-0.2, 0) is 0 Å². The number of Topliss-reactive ketones (excluding diaryl/α,β-unsaturated/α-hetero) is 1. The fourth-order valence-corrected chi connectivity index (χ4v) is 1.50. The number of oxazole rings is 1. The Bertz CT molecular complexity index is 566. The highest BCUT2D eigenvalue weighted by atomic mass is 16.5. The van der Waals surface area contributed by atoms with Crippen molar-refractivity contribution in [3.63, 3.8) is 0 Å². The lowest BCUT2D eigenvalue weighted by Crippen LogP contribution is -2.06. The maximum Gasteiger partial charge on any atom is 0.230 e. The van der Waals surface area contributed by atoms with Gasteiger partial charge < -0.3 is 14.9 Å². The van der Waals surface area contributed by atoms with Crippen molar-refractivity contribution in [1.82, 2.24) is 9.97 Å². The zero-order valence-corrected chi connectivity index (χ0v) is 10.6. The maximum absolute atomic E-state index is 11.2. The van der Waals surface area contributed by atoms with Crippen molar-refractivity contribution in [1.29, 1.82) is 0 Å². The number of ether oxygens (including phenoxy) is 1. The summed E-state index contributed by atoms with van der Waals surface area (Å²) >= 11 is 0. The largest absolute Gasteiger partial charge is 0.491 e. The number of nitrogens with zero attached hydrogens (tertiary/aromatic N) is 2. The second-order valence-electron chi connectivity index (χ2n) is 3.96. The highest BCUT2D eigenvalue weighted by Crippen LogP contribution is 2.28. The molecular formula is C13H15N3O3. The summed E-state index contributed by atoms with van der Waals surface area (Å²) in [5, 5.41) is 0. The van der Waals surface area contributed by atoms with Gasteiger partial charge in [0.2, 0.25) is 5.89 Å². The van der Waals surface area contributed by atoms with Crippen LogP contribution in [0.25, 0.3) is 11.5 Å². The molecule has 0 amide bonds. The number of rotatable bonds is 6. The van der Waals surface area contributed by atoms with Gasteiger partial charge in [0, 0.05) is 13.1 Å². The molecule has 0 unspecified atom stereocenters. The molecule has 0 aromatic carbocycles. The van der Waals surface area contributed by atoms with Crippen molar-refractivity contribution in [2.45, 2.75) is 13.3 Å². The standard InChI is InChI=1S/C13H15N3O3/c1-9(17)11-8-19-13(16-11)10-3-5-15-7-12(10)18-6-2-4-14/h3,5,7-8H,2,4,6,14H2,1H3. The van der Waals surface area contributed by atoms with Crippen LogP contribution in [0, 0.1) is 0 Å². The highest BCUT2D eigenvalue weighted by molar-refractivity contribution is 5.92. The average molecular weight is 261 g/mol. The third-order valence-electron chi connectivity index (χ3n) is 2.49. The van der Waals surface area contributed by atoms with E-state index in [1.807, 2.05) is 0 Å². The van der Waals surface area contributed by atoms with E-state index in [0.717, 1.165) is 6.42 Å². The Morgan fingerprint density at radius 3 is 3.05 bits per heavy atom. The van der Waals surface area contributed by atoms with Crippen LogP contribution in [0.3, 0.4) is 0 Å². The number of carbonyl (C=O) groups excluding carboxylic acids is 1. The van der Waals surface area contributed by atoms with Gasteiger partial charge >= 0.3 is 0 Å². The van der Waals surface area contributed by atoms with Crippen LogP contribution in [0.1, 0.15) is 23.8 Å². The molecule has 2 aromatic heterocycles. The van der Waals surface area contributed by atoms with Gasteiger partial charge in [-0.2, -0.15) is 0 Å². The summed E-state index contributed by atoms with van der Waals surface area (Å²) in [6.45, 7) is 2.49. The lowest BCUT2D eigenvalue weighted by molar-refractivity contribution is 0.101. The highest BCUT2D eigenvalue weighted by Gasteiger charge is 2.14. The molecule has 0 bridgehead atoms. The van der Waals surface area contributed by atoms with Gasteiger partial charge in [0.15, 0.2) is 5.78 Å². The van der Waals surface area contributed by atoms with Gasteiger partial charge in [-0.25, -0.2) is 4.98 Å². The Kier molecular flexibility index (Phi) is 4.25. The molecule has 0 fully saturated rings. The monoisotopic (exact) mass is 261 g/mol. The molecule has 0 aliphatic rings. The number of ketones is 1. The minimum atomic E-state index is -0.144. The Hall–Kier alpha value is -2.21. The first-order chi connectivity index (χ1) is 9.22. The summed E-state index contributed by atoms with van der Waals surface area (Å²) in [7, 11) is 0. The molecular weight excluding hydrogens is 246 g/mol. The van der Waals surface area contributed by atoms with E-state index in [1.165, 1.54) is 13.2 Å². The van der Waals surface area contributed by atoms with Gasteiger partial charge in [0.25, 0.3) is 0 Å². The van der Waals surface area contributed by atoms with Crippen molar-refractivity contribution in [3.05, 3.63) is 30.4 Å². The molecule has 2 aromatic rings. The van der Waals surface area contributed by atoms with Crippen molar-refractivity contribution < 1.29 is 13.9 Å². The van der Waals surface area contributed by atoms with Gasteiger partial charge in [-0.05, 0) is 19.0 Å². The second-order valence-corrected chi connectivity index (χ2v) is 3.96. The molecule has 100 valence electrons. The van der Waals surface area contributed by atoms with E-state index in [-0.39, 0.29) is 5.78 Å². The van der Waals surface area contributed by atoms with Crippen LogP contribution in [0.2, 0.25) is 0 Å². The summed E-state index contributed by atoms with van der Waals surface area (Å²) in [4.78, 5) is 19.3. The predicted octanol–water partition coefficient (Wildman–Crippen LogP) is 1.67. The number of aromatic nitrogens is 2. The number of hydrogen-bond donors (Lipinski definition) is 1. The molecule has 6 nitrogen and oxygen atoms in total. The number of pyridine rings is 1. The molecule has 0 spiro atoms. The van der Waals surface area contributed by atoms with Crippen LogP contribution in [0.5, 0.6) is 5.75 Å². The van der Waals surface area contributed by atoms with Crippen LogP contribution in [0.15, 0.2) is 29.1 Å². The molecule has 2 rings (SSSR count). The zero-order chi connectivity index (χ0) is 13.7. The third-order valence-corrected chi connectivity index (χ3v) is 2.49. The zero-order valence-electron chi connectivity index (χ0n) is 10.6. The molecule has 0 radical (unpaired) electrons. The van der Waals surface area contributed by atoms with E-state index in [4.69, 9.17) is 14.9 Å². The van der Waals surface area contributed by atoms with Crippen LogP contribution in [-0.4, -0.2) is 28.9 Å². The van der Waals surface area contributed by atoms with Gasteiger partial charge in [-0.1, -0.05) is 0 Å². The van der Waals surface area contributed by atoms with E-state index in [1.54, 1.807) is 18.5 Å². The van der Waals surface area contributed by atoms with E-state index in [2.05, 4.69) is 9.97 Å². The summed E-state index contributed by atoms with van der Waals surface area (Å²) in [6, 6.07) is 1.73. The summed E-state index contributed by atoms with van der Waals surface area (Å²) < 4.78 is 10.9. The van der Waals surface area contributed by atoms with E-state index in [0.29, 0.717) is 36.0 Å². The molecule has 0 saturated heterocycles. The summed E-state index contributed by atoms with van der Waals surface area (Å²) in [6.07, 6.45) is 5.28. The minimum Gasteiger partial charge on any atom is -0.491 e. The lowest BCUT2D eigenvalue weighted by Gasteiger charge is -2.07. The number of hydrogen-bond acceptors (Lipinski definition) is 6. The van der Waals surface area contributed by atoms with Gasteiger partial charge in [0.05, 0.1) is 18.4 Å². The molecule has 2 N–H and O–H groups in total. The van der Waals surface area contributed by atoms with Crippen molar-refractivity contribution in [3.8, 4) is 17.2 Å². The molecule has 19 heavy (non-hydrogen) atoms. The van der Waals surface area contributed by atoms with E-state index >= 15 is 0 Å². The predicted molar refractivity (Wildman–Crippen MR) is 68.9 cm³/mol. The topological polar surface area (TPSA) is 91.2 Å². The Morgan fingerprint density at radius 2 is 2.37 bits per heavy atom. The van der Waals surface area contributed by atoms with Crippen LogP contribution >= 0.6 is 0 Å². The van der Waals surface area contributed by atoms with Gasteiger partial charge in [0.1, 0.15) is 17.7 Å². The minimum absolute atomic E-state index is 0.144. The number of nitrogens with two attached hydrogens (primary N) is 1. The third kappa shape index (κ3) is 3.17. The smallest absolute Gasteiger partial charge is 0.230 e. The molecule has 0 aliphatic carbocycles. The lowest BCUT2D eigenvalue weighted by atomic mass is 10.2. The molecule has 0 saturated carbocycles. The maximum atomic E-state index is 11.2. The molecule has 6 heteroatoms. The van der Waals surface area contributed by atoms with Gasteiger partial charge in [-0.3, -0.25) is 9.78 Å². The Morgan fingerprint density at radius 1 is 1.53 bits per heavy atom.